The number of nitrogens with zero attached hydrogens (tertiary/aromatic N) is 4. The van der Waals surface area contributed by atoms with E-state index < -0.39 is 5.91 Å². The summed E-state index contributed by atoms with van der Waals surface area (Å²) in [6, 6.07) is 15.6. The van der Waals surface area contributed by atoms with Gasteiger partial charge in [-0.1, -0.05) is 44.2 Å². The van der Waals surface area contributed by atoms with Gasteiger partial charge in [-0.2, -0.15) is 15.1 Å². The molecular formula is C27H27N5O3S. The maximum Gasteiger partial charge on any atom is 0.283 e. The third-order valence-corrected chi connectivity index (χ3v) is 7.38. The van der Waals surface area contributed by atoms with Gasteiger partial charge in [0.15, 0.2) is 17.3 Å². The van der Waals surface area contributed by atoms with Crippen molar-refractivity contribution in [1.82, 2.24) is 9.58 Å². The third kappa shape index (κ3) is 4.19. The fourth-order valence-corrected chi connectivity index (χ4v) is 5.19. The molecule has 0 spiro atoms. The number of ether oxygens (including phenoxy) is 2. The minimum absolute atomic E-state index is 0.0453. The van der Waals surface area contributed by atoms with Crippen molar-refractivity contribution in [3.63, 3.8) is 0 Å². The molecule has 2 aromatic carbocycles. The summed E-state index contributed by atoms with van der Waals surface area (Å²) in [5, 5.41) is 17.0. The van der Waals surface area contributed by atoms with Gasteiger partial charge >= 0.3 is 0 Å². The van der Waals surface area contributed by atoms with Gasteiger partial charge in [-0.3, -0.25) is 10.2 Å². The average Bonchev–Trinajstić information content (AvgIpc) is 3.42. The van der Waals surface area contributed by atoms with E-state index in [1.807, 2.05) is 69.3 Å². The van der Waals surface area contributed by atoms with Crippen LogP contribution in [-0.2, 0) is 11.3 Å². The molecule has 3 heterocycles. The highest BCUT2D eigenvalue weighted by Crippen LogP contribution is 2.33. The number of aromatic nitrogens is 1. The smallest absolute Gasteiger partial charge is 0.283 e. The van der Waals surface area contributed by atoms with Crippen LogP contribution in [0.2, 0.25) is 0 Å². The van der Waals surface area contributed by atoms with Gasteiger partial charge in [0.2, 0.25) is 5.17 Å². The van der Waals surface area contributed by atoms with Crippen molar-refractivity contribution in [3.8, 4) is 11.5 Å². The molecule has 36 heavy (non-hydrogen) atoms. The molecule has 0 fully saturated rings. The Bertz CT molecular complexity index is 1470. The Morgan fingerprint density at radius 2 is 1.83 bits per heavy atom. The number of hydrogen-bond donors (Lipinski definition) is 1. The summed E-state index contributed by atoms with van der Waals surface area (Å²) in [5.41, 5.74) is 3.12. The Balaban J connectivity index is 1.47. The fourth-order valence-electron chi connectivity index (χ4n) is 4.30. The summed E-state index contributed by atoms with van der Waals surface area (Å²) in [6.07, 6.45) is 1.77. The van der Waals surface area contributed by atoms with Crippen LogP contribution in [0, 0.1) is 18.3 Å². The van der Waals surface area contributed by atoms with E-state index in [0.717, 1.165) is 27.2 Å². The van der Waals surface area contributed by atoms with E-state index >= 15 is 0 Å². The molecular weight excluding hydrogens is 474 g/mol. The Kier molecular flexibility index (Phi) is 6.40. The molecule has 2 aliphatic rings. The number of nitrogens with one attached hydrogen (secondary N) is 1. The predicted octanol–water partition coefficient (Wildman–Crippen LogP) is 5.31. The van der Waals surface area contributed by atoms with Crippen molar-refractivity contribution in [1.29, 1.82) is 5.41 Å². The molecule has 3 aromatic rings. The molecule has 0 bridgehead atoms. The monoisotopic (exact) mass is 501 g/mol. The summed E-state index contributed by atoms with van der Waals surface area (Å²) in [5.74, 6) is 1.20. The minimum Gasteiger partial charge on any atom is -0.493 e. The van der Waals surface area contributed by atoms with E-state index in [2.05, 4.69) is 14.7 Å². The first-order chi connectivity index (χ1) is 17.4. The van der Waals surface area contributed by atoms with Gasteiger partial charge in [-0.05, 0) is 43.0 Å². The first-order valence-electron chi connectivity index (χ1n) is 11.7. The van der Waals surface area contributed by atoms with E-state index in [1.54, 1.807) is 13.2 Å². The number of methoxy groups -OCH3 is 1. The summed E-state index contributed by atoms with van der Waals surface area (Å²) in [7, 11) is 1.62. The van der Waals surface area contributed by atoms with Gasteiger partial charge in [0.05, 0.1) is 19.2 Å². The molecule has 2 aliphatic heterocycles. The van der Waals surface area contributed by atoms with Gasteiger partial charge < -0.3 is 14.0 Å². The Morgan fingerprint density at radius 3 is 2.58 bits per heavy atom. The topological polar surface area (TPSA) is 92.3 Å². The molecule has 1 aromatic heterocycles. The largest absolute Gasteiger partial charge is 0.493 e. The van der Waals surface area contributed by atoms with Crippen LogP contribution in [0.25, 0.3) is 17.0 Å². The highest BCUT2D eigenvalue weighted by Gasteiger charge is 2.36. The summed E-state index contributed by atoms with van der Waals surface area (Å²) in [4.78, 5) is 17.2. The van der Waals surface area contributed by atoms with E-state index in [4.69, 9.17) is 14.9 Å². The van der Waals surface area contributed by atoms with Crippen molar-refractivity contribution in [3.05, 3.63) is 65.4 Å². The van der Waals surface area contributed by atoms with Gasteiger partial charge in [0.25, 0.3) is 5.91 Å². The zero-order chi connectivity index (χ0) is 25.4. The second-order valence-electron chi connectivity index (χ2n) is 8.78. The Hall–Kier alpha value is -3.85. The van der Waals surface area contributed by atoms with Crippen LogP contribution < -0.4 is 9.47 Å². The van der Waals surface area contributed by atoms with E-state index in [1.165, 1.54) is 16.8 Å². The number of aliphatic imine (C=N–C) groups is 1. The second kappa shape index (κ2) is 9.66. The molecule has 0 atom stereocenters. The molecule has 0 unspecified atom stereocenters. The lowest BCUT2D eigenvalue weighted by molar-refractivity contribution is -0.114. The van der Waals surface area contributed by atoms with Crippen molar-refractivity contribution >= 4 is 50.7 Å². The van der Waals surface area contributed by atoms with E-state index in [9.17, 15) is 4.79 Å². The number of rotatable bonds is 7. The number of fused-ring (bicyclic) bond motifs is 2. The van der Waals surface area contributed by atoms with Gasteiger partial charge in [-0.15, -0.1) is 0 Å². The minimum atomic E-state index is -0.422. The van der Waals surface area contributed by atoms with E-state index in [0.29, 0.717) is 29.8 Å². The van der Waals surface area contributed by atoms with Crippen molar-refractivity contribution in [2.45, 2.75) is 27.3 Å². The molecule has 0 radical (unpaired) electrons. The third-order valence-electron chi connectivity index (χ3n) is 6.17. The van der Waals surface area contributed by atoms with Crippen LogP contribution in [0.4, 0.5) is 0 Å². The van der Waals surface area contributed by atoms with Gasteiger partial charge in [-0.25, -0.2) is 0 Å². The van der Waals surface area contributed by atoms with Crippen LogP contribution in [-0.4, -0.2) is 45.2 Å². The number of thioether (sulfide) groups is 1. The Morgan fingerprint density at radius 1 is 1.11 bits per heavy atom. The molecule has 0 saturated carbocycles. The highest BCUT2D eigenvalue weighted by atomic mass is 32.2. The SMILES string of the molecule is COc1ccccc1OCCn1c(C)c(/C=C2\C(=N)N3N=C(C(C)C)SC3=NC2=O)c2ccccc21. The summed E-state index contributed by atoms with van der Waals surface area (Å²) >= 11 is 1.35. The molecule has 5 rings (SSSR count). The molecule has 0 saturated heterocycles. The maximum absolute atomic E-state index is 12.9. The molecule has 0 aliphatic carbocycles. The predicted molar refractivity (Wildman–Crippen MR) is 145 cm³/mol. The number of carbonyl (C=O) groups is 1. The Labute approximate surface area is 213 Å². The zero-order valence-electron chi connectivity index (χ0n) is 20.6. The number of carbonyl (C=O) groups excluding carboxylic acids is 1. The first-order valence-corrected chi connectivity index (χ1v) is 12.5. The molecule has 8 nitrogen and oxygen atoms in total. The number of benzene rings is 2. The van der Waals surface area contributed by atoms with Crippen LogP contribution >= 0.6 is 11.8 Å². The second-order valence-corrected chi connectivity index (χ2v) is 9.77. The highest BCUT2D eigenvalue weighted by molar-refractivity contribution is 8.27. The fraction of sp³-hybridized carbons (Fsp3) is 0.259. The van der Waals surface area contributed by atoms with Crippen molar-refractivity contribution in [2.24, 2.45) is 16.0 Å². The summed E-state index contributed by atoms with van der Waals surface area (Å²) in [6.45, 7) is 7.12. The molecule has 184 valence electrons. The van der Waals surface area contributed by atoms with Crippen LogP contribution in [0.1, 0.15) is 25.1 Å². The van der Waals surface area contributed by atoms with Crippen molar-refractivity contribution < 1.29 is 14.3 Å². The lowest BCUT2D eigenvalue weighted by Gasteiger charge is -2.20. The molecule has 9 heteroatoms. The van der Waals surface area contributed by atoms with Crippen LogP contribution in [0.15, 0.2) is 64.2 Å². The van der Waals surface area contributed by atoms with Gasteiger partial charge in [0.1, 0.15) is 11.7 Å². The summed E-state index contributed by atoms with van der Waals surface area (Å²) < 4.78 is 13.6. The quantitative estimate of drug-likeness (QED) is 0.443. The standard InChI is InChI=1S/C27H27N5O3S/c1-16(2)26-30-32-24(28)20(25(33)29-27(32)36-26)15-19-17(3)31(21-10-6-5-9-18(19)21)13-14-35-23-12-8-7-11-22(23)34-4/h5-12,15-16,28H,13-14H2,1-4H3/b20-15+,28-24?. The first kappa shape index (κ1) is 23.9. The van der Waals surface area contributed by atoms with E-state index in [-0.39, 0.29) is 17.3 Å². The number of para-hydroxylation sites is 3. The maximum atomic E-state index is 12.9. The lowest BCUT2D eigenvalue weighted by Crippen LogP contribution is -2.35. The van der Waals surface area contributed by atoms with Crippen LogP contribution in [0.5, 0.6) is 11.5 Å². The number of amides is 1. The van der Waals surface area contributed by atoms with Crippen molar-refractivity contribution in [2.75, 3.05) is 13.7 Å². The zero-order valence-corrected chi connectivity index (χ0v) is 21.4. The molecule has 1 amide bonds. The average molecular weight is 502 g/mol. The number of hydrazone groups is 1. The number of amidine groups is 2. The lowest BCUT2D eigenvalue weighted by atomic mass is 10.1. The molecule has 1 N–H and O–H groups in total. The van der Waals surface area contributed by atoms with Gasteiger partial charge in [0, 0.05) is 28.1 Å². The normalized spacial score (nSPS) is 16.6. The number of hydrogen-bond acceptors (Lipinski definition) is 6. The van der Waals surface area contributed by atoms with Crippen LogP contribution in [0.3, 0.4) is 0 Å².